The molecule has 2 aromatic rings. The molecule has 35 heavy (non-hydrogen) atoms. The van der Waals surface area contributed by atoms with E-state index in [4.69, 9.17) is 9.47 Å². The fourth-order valence-electron chi connectivity index (χ4n) is 3.00. The van der Waals surface area contributed by atoms with E-state index in [1.54, 1.807) is 62.8 Å². The lowest BCUT2D eigenvalue weighted by atomic mass is 10.1. The van der Waals surface area contributed by atoms with E-state index in [-0.39, 0.29) is 36.5 Å². The fourth-order valence-corrected chi connectivity index (χ4v) is 3.00. The van der Waals surface area contributed by atoms with Crippen LogP contribution in [0.5, 0.6) is 0 Å². The van der Waals surface area contributed by atoms with Crippen molar-refractivity contribution in [2.75, 3.05) is 51.2 Å². The third-order valence-corrected chi connectivity index (χ3v) is 4.85. The Bertz CT molecular complexity index is 897. The van der Waals surface area contributed by atoms with Gasteiger partial charge in [0.1, 0.15) is 0 Å². The van der Waals surface area contributed by atoms with E-state index in [1.165, 1.54) is 0 Å². The summed E-state index contributed by atoms with van der Waals surface area (Å²) in [5, 5.41) is 10.9. The standard InChI is InChI=1S/C25H32N4O6/c1-34-16-14-26-24(32)18-6-10-20(11-7-18)28-22(30)4-3-5-23(31)29-21-12-8-19(9-13-21)25(33)27-15-17-35-2/h6-13H,3-5,14-17H2,1-2H3,(H,26,32)(H,27,33)(H,28,30)(H,29,31). The first kappa shape index (κ1) is 27.5. The highest BCUT2D eigenvalue weighted by Crippen LogP contribution is 2.12. The Morgan fingerprint density at radius 2 is 1.00 bits per heavy atom. The van der Waals surface area contributed by atoms with Crippen LogP contribution in [0.4, 0.5) is 11.4 Å². The monoisotopic (exact) mass is 484 g/mol. The quantitative estimate of drug-likeness (QED) is 0.304. The van der Waals surface area contributed by atoms with Gasteiger partial charge < -0.3 is 30.7 Å². The molecular weight excluding hydrogens is 452 g/mol. The maximum Gasteiger partial charge on any atom is 0.251 e. The Kier molecular flexibility index (Phi) is 11.9. The molecule has 10 heteroatoms. The zero-order chi connectivity index (χ0) is 25.5. The molecule has 0 bridgehead atoms. The number of hydrogen-bond acceptors (Lipinski definition) is 6. The van der Waals surface area contributed by atoms with Crippen LogP contribution in [0.25, 0.3) is 0 Å². The first-order valence-electron chi connectivity index (χ1n) is 11.3. The van der Waals surface area contributed by atoms with Crippen LogP contribution in [0.15, 0.2) is 48.5 Å². The molecule has 0 aliphatic heterocycles. The Balaban J connectivity index is 1.69. The fraction of sp³-hybridized carbons (Fsp3) is 0.360. The average molecular weight is 485 g/mol. The van der Waals surface area contributed by atoms with Crippen LogP contribution < -0.4 is 21.3 Å². The van der Waals surface area contributed by atoms with Crippen molar-refractivity contribution >= 4 is 35.0 Å². The molecule has 2 rings (SSSR count). The van der Waals surface area contributed by atoms with Gasteiger partial charge in [-0.2, -0.15) is 0 Å². The number of methoxy groups -OCH3 is 2. The maximum atomic E-state index is 12.2. The highest BCUT2D eigenvalue weighted by Gasteiger charge is 2.09. The summed E-state index contributed by atoms with van der Waals surface area (Å²) in [7, 11) is 3.12. The minimum Gasteiger partial charge on any atom is -0.383 e. The first-order valence-corrected chi connectivity index (χ1v) is 11.3. The third-order valence-electron chi connectivity index (χ3n) is 4.85. The lowest BCUT2D eigenvalue weighted by molar-refractivity contribution is -0.117. The second-order valence-electron chi connectivity index (χ2n) is 7.60. The highest BCUT2D eigenvalue weighted by molar-refractivity contribution is 5.97. The molecule has 2 aromatic carbocycles. The summed E-state index contributed by atoms with van der Waals surface area (Å²) in [5.74, 6) is -0.880. The smallest absolute Gasteiger partial charge is 0.251 e. The van der Waals surface area contributed by atoms with Gasteiger partial charge in [-0.05, 0) is 55.0 Å². The molecule has 0 heterocycles. The molecule has 0 aromatic heterocycles. The molecule has 0 saturated heterocycles. The van der Waals surface area contributed by atoms with Crippen LogP contribution in [-0.4, -0.2) is 64.2 Å². The number of carbonyl (C=O) groups excluding carboxylic acids is 4. The Morgan fingerprint density at radius 1 is 0.629 bits per heavy atom. The van der Waals surface area contributed by atoms with Crippen molar-refractivity contribution in [2.45, 2.75) is 19.3 Å². The molecule has 188 valence electrons. The number of anilines is 2. The molecule has 0 unspecified atom stereocenters. The number of ether oxygens (including phenoxy) is 2. The van der Waals surface area contributed by atoms with E-state index < -0.39 is 0 Å². The van der Waals surface area contributed by atoms with Crippen LogP contribution >= 0.6 is 0 Å². The minimum absolute atomic E-state index is 0.174. The largest absolute Gasteiger partial charge is 0.383 e. The summed E-state index contributed by atoms with van der Waals surface area (Å²) in [6.45, 7) is 1.69. The molecule has 0 fully saturated rings. The van der Waals surface area contributed by atoms with Crippen molar-refractivity contribution < 1.29 is 28.7 Å². The van der Waals surface area contributed by atoms with Crippen LogP contribution in [0.2, 0.25) is 0 Å². The molecular formula is C25H32N4O6. The van der Waals surface area contributed by atoms with Crippen molar-refractivity contribution in [3.63, 3.8) is 0 Å². The van der Waals surface area contributed by atoms with E-state index >= 15 is 0 Å². The lowest BCUT2D eigenvalue weighted by Crippen LogP contribution is -2.26. The number of nitrogens with one attached hydrogen (secondary N) is 4. The molecule has 4 amide bonds. The summed E-state index contributed by atoms with van der Waals surface area (Å²) in [4.78, 5) is 48.3. The predicted octanol–water partition coefficient (Wildman–Crippen LogP) is 2.19. The van der Waals surface area contributed by atoms with Gasteiger partial charge in [0.15, 0.2) is 0 Å². The second-order valence-corrected chi connectivity index (χ2v) is 7.60. The number of carbonyl (C=O) groups is 4. The average Bonchev–Trinajstić information content (AvgIpc) is 2.85. The van der Waals surface area contributed by atoms with E-state index in [2.05, 4.69) is 21.3 Å². The Labute approximate surface area is 204 Å². The lowest BCUT2D eigenvalue weighted by Gasteiger charge is -2.08. The van der Waals surface area contributed by atoms with Crippen molar-refractivity contribution in [1.29, 1.82) is 0 Å². The first-order chi connectivity index (χ1) is 16.9. The van der Waals surface area contributed by atoms with Gasteiger partial charge in [-0.3, -0.25) is 19.2 Å². The van der Waals surface area contributed by atoms with E-state index in [9.17, 15) is 19.2 Å². The summed E-state index contributed by atoms with van der Waals surface area (Å²) >= 11 is 0. The molecule has 0 atom stereocenters. The molecule has 0 spiro atoms. The SMILES string of the molecule is COCCNC(=O)c1ccc(NC(=O)CCCC(=O)Nc2ccc(C(=O)NCCOC)cc2)cc1. The maximum absolute atomic E-state index is 12.2. The van der Waals surface area contributed by atoms with Crippen molar-refractivity contribution in [1.82, 2.24) is 10.6 Å². The normalized spacial score (nSPS) is 10.3. The molecule has 0 aliphatic rings. The van der Waals surface area contributed by atoms with Gasteiger partial charge in [-0.1, -0.05) is 0 Å². The molecule has 4 N–H and O–H groups in total. The predicted molar refractivity (Wildman–Crippen MR) is 132 cm³/mol. The number of benzene rings is 2. The second kappa shape index (κ2) is 15.2. The number of amides is 4. The van der Waals surface area contributed by atoms with Crippen LogP contribution in [0, 0.1) is 0 Å². The third kappa shape index (κ3) is 10.4. The van der Waals surface area contributed by atoms with E-state index in [1.807, 2.05) is 0 Å². The van der Waals surface area contributed by atoms with Crippen LogP contribution in [-0.2, 0) is 19.1 Å². The van der Waals surface area contributed by atoms with E-state index in [0.717, 1.165) is 0 Å². The van der Waals surface area contributed by atoms with Gasteiger partial charge in [-0.15, -0.1) is 0 Å². The van der Waals surface area contributed by atoms with Crippen LogP contribution in [0.1, 0.15) is 40.0 Å². The highest BCUT2D eigenvalue weighted by atomic mass is 16.5. The zero-order valence-electron chi connectivity index (χ0n) is 20.0. The number of rotatable bonds is 14. The zero-order valence-corrected chi connectivity index (χ0v) is 20.0. The van der Waals surface area contributed by atoms with Gasteiger partial charge in [0.25, 0.3) is 11.8 Å². The van der Waals surface area contributed by atoms with Gasteiger partial charge in [0, 0.05) is 62.7 Å². The van der Waals surface area contributed by atoms with Gasteiger partial charge in [0.2, 0.25) is 11.8 Å². The summed E-state index contributed by atoms with van der Waals surface area (Å²) in [6, 6.07) is 13.1. The summed E-state index contributed by atoms with van der Waals surface area (Å²) < 4.78 is 9.78. The molecule has 10 nitrogen and oxygen atoms in total. The summed E-state index contributed by atoms with van der Waals surface area (Å²) in [6.07, 6.45) is 0.720. The Morgan fingerprint density at radius 3 is 1.34 bits per heavy atom. The number of hydrogen-bond donors (Lipinski definition) is 4. The van der Waals surface area contributed by atoms with Crippen LogP contribution in [0.3, 0.4) is 0 Å². The summed E-state index contributed by atoms with van der Waals surface area (Å²) in [5.41, 5.74) is 2.10. The van der Waals surface area contributed by atoms with Gasteiger partial charge in [-0.25, -0.2) is 0 Å². The topological polar surface area (TPSA) is 135 Å². The van der Waals surface area contributed by atoms with E-state index in [0.29, 0.717) is 55.2 Å². The van der Waals surface area contributed by atoms with Crippen molar-refractivity contribution in [3.8, 4) is 0 Å². The van der Waals surface area contributed by atoms with Gasteiger partial charge >= 0.3 is 0 Å². The molecule has 0 saturated carbocycles. The van der Waals surface area contributed by atoms with Crippen molar-refractivity contribution in [2.24, 2.45) is 0 Å². The van der Waals surface area contributed by atoms with Crippen molar-refractivity contribution in [3.05, 3.63) is 59.7 Å². The molecule has 0 aliphatic carbocycles. The minimum atomic E-state index is -0.223. The molecule has 0 radical (unpaired) electrons. The Hall–Kier alpha value is -3.76. The van der Waals surface area contributed by atoms with Gasteiger partial charge in [0.05, 0.1) is 13.2 Å².